The van der Waals surface area contributed by atoms with Gasteiger partial charge in [-0.05, 0) is 57.1 Å². The zero-order chi connectivity index (χ0) is 24.2. The van der Waals surface area contributed by atoms with Crippen molar-refractivity contribution in [1.82, 2.24) is 0 Å². The lowest BCUT2D eigenvalue weighted by atomic mass is 9.74. The highest BCUT2D eigenvalue weighted by Crippen LogP contribution is 2.50. The molecule has 2 nitrogen and oxygen atoms in total. The number of hydrogen-bond acceptors (Lipinski definition) is 3. The van der Waals surface area contributed by atoms with E-state index in [-0.39, 0.29) is 21.7 Å². The lowest BCUT2D eigenvalue weighted by molar-refractivity contribution is 0.432. The van der Waals surface area contributed by atoms with Crippen molar-refractivity contribution in [2.45, 2.75) is 115 Å². The van der Waals surface area contributed by atoms with Gasteiger partial charge in [0.2, 0.25) is 0 Å². The molecule has 2 aromatic carbocycles. The van der Waals surface area contributed by atoms with Crippen molar-refractivity contribution in [3.05, 3.63) is 46.5 Å². The minimum absolute atomic E-state index is 0.130. The van der Waals surface area contributed by atoms with Gasteiger partial charge in [0, 0.05) is 20.9 Å². The lowest BCUT2D eigenvalue weighted by Crippen LogP contribution is -2.24. The molecule has 0 saturated heterocycles. The Morgan fingerprint density at radius 1 is 0.452 bits per heavy atom. The number of benzene rings is 2. The largest absolute Gasteiger partial charge is 0.508 e. The molecular formula is C28H42O2S. The molecule has 0 saturated carbocycles. The standard InChI is InChI=1S/C28H42O2S/c1-25(2,3)21-17(29)13-15-19(23(21)27(7,8)9)31-20-16-14-18(30)22(26(4,5)6)24(20)28(10,11)12/h13-16,29-30H,1-12H3. The Bertz CT molecular complexity index is 879. The summed E-state index contributed by atoms with van der Waals surface area (Å²) >= 11 is 1.75. The Hall–Kier alpha value is -1.61. The van der Waals surface area contributed by atoms with E-state index in [2.05, 4.69) is 83.1 Å². The smallest absolute Gasteiger partial charge is 0.119 e. The van der Waals surface area contributed by atoms with E-state index in [1.54, 1.807) is 11.8 Å². The van der Waals surface area contributed by atoms with Crippen LogP contribution in [0.5, 0.6) is 11.5 Å². The topological polar surface area (TPSA) is 40.5 Å². The summed E-state index contributed by atoms with van der Waals surface area (Å²) in [6.45, 7) is 26.2. The van der Waals surface area contributed by atoms with E-state index < -0.39 is 0 Å². The fraction of sp³-hybridized carbons (Fsp3) is 0.571. The van der Waals surface area contributed by atoms with Crippen LogP contribution < -0.4 is 0 Å². The van der Waals surface area contributed by atoms with E-state index in [1.165, 1.54) is 11.1 Å². The summed E-state index contributed by atoms with van der Waals surface area (Å²) in [7, 11) is 0. The monoisotopic (exact) mass is 442 g/mol. The predicted octanol–water partition coefficient (Wildman–Crippen LogP) is 8.44. The van der Waals surface area contributed by atoms with Gasteiger partial charge in [-0.2, -0.15) is 0 Å². The molecule has 0 aliphatic rings. The molecule has 2 rings (SSSR count). The number of phenols is 2. The SMILES string of the molecule is CC(C)(C)c1c(O)ccc(Sc2ccc(O)c(C(C)(C)C)c2C(C)(C)C)c1C(C)(C)C. The van der Waals surface area contributed by atoms with Gasteiger partial charge < -0.3 is 10.2 Å². The molecule has 0 aromatic heterocycles. The van der Waals surface area contributed by atoms with E-state index in [4.69, 9.17) is 0 Å². The lowest BCUT2D eigenvalue weighted by Gasteiger charge is -2.35. The summed E-state index contributed by atoms with van der Waals surface area (Å²) < 4.78 is 0. The van der Waals surface area contributed by atoms with E-state index in [1.807, 2.05) is 24.3 Å². The van der Waals surface area contributed by atoms with Crippen LogP contribution in [0, 0.1) is 0 Å². The van der Waals surface area contributed by atoms with Gasteiger partial charge in [0.1, 0.15) is 11.5 Å². The summed E-state index contributed by atoms with van der Waals surface area (Å²) in [6.07, 6.45) is 0. The van der Waals surface area contributed by atoms with Crippen molar-refractivity contribution in [3.8, 4) is 11.5 Å². The summed E-state index contributed by atoms with van der Waals surface area (Å²) in [5.41, 5.74) is 3.79. The van der Waals surface area contributed by atoms with Crippen LogP contribution in [0.15, 0.2) is 34.1 Å². The van der Waals surface area contributed by atoms with Crippen LogP contribution in [0.2, 0.25) is 0 Å². The fourth-order valence-corrected chi connectivity index (χ4v) is 5.97. The van der Waals surface area contributed by atoms with E-state index >= 15 is 0 Å². The van der Waals surface area contributed by atoms with Gasteiger partial charge in [0.15, 0.2) is 0 Å². The van der Waals surface area contributed by atoms with Gasteiger partial charge in [-0.15, -0.1) is 0 Å². The second-order valence-electron chi connectivity index (χ2n) is 12.8. The molecule has 2 N–H and O–H groups in total. The van der Waals surface area contributed by atoms with E-state index in [0.29, 0.717) is 11.5 Å². The second kappa shape index (κ2) is 8.06. The molecule has 0 amide bonds. The van der Waals surface area contributed by atoms with Crippen LogP contribution in [0.25, 0.3) is 0 Å². The van der Waals surface area contributed by atoms with Crippen LogP contribution in [-0.2, 0) is 21.7 Å². The molecule has 0 radical (unpaired) electrons. The predicted molar refractivity (Wildman–Crippen MR) is 135 cm³/mol. The van der Waals surface area contributed by atoms with Crippen LogP contribution in [-0.4, -0.2) is 10.2 Å². The van der Waals surface area contributed by atoms with Crippen molar-refractivity contribution >= 4 is 11.8 Å². The molecule has 172 valence electrons. The summed E-state index contributed by atoms with van der Waals surface area (Å²) in [4.78, 5) is 2.32. The van der Waals surface area contributed by atoms with Crippen molar-refractivity contribution in [1.29, 1.82) is 0 Å². The number of aromatic hydroxyl groups is 2. The molecule has 0 heterocycles. The second-order valence-corrected chi connectivity index (χ2v) is 13.9. The maximum absolute atomic E-state index is 10.8. The third-order valence-electron chi connectivity index (χ3n) is 5.51. The molecule has 0 fully saturated rings. The molecule has 31 heavy (non-hydrogen) atoms. The van der Waals surface area contributed by atoms with E-state index in [9.17, 15) is 10.2 Å². The first-order valence-electron chi connectivity index (χ1n) is 11.2. The van der Waals surface area contributed by atoms with Crippen molar-refractivity contribution in [2.24, 2.45) is 0 Å². The summed E-state index contributed by atoms with van der Waals surface area (Å²) in [6, 6.07) is 7.76. The Kier molecular flexibility index (Phi) is 6.67. The number of rotatable bonds is 2. The minimum atomic E-state index is -0.179. The summed E-state index contributed by atoms with van der Waals surface area (Å²) in [5.74, 6) is 0.720. The van der Waals surface area contributed by atoms with Crippen molar-refractivity contribution < 1.29 is 10.2 Å². The van der Waals surface area contributed by atoms with Crippen molar-refractivity contribution in [3.63, 3.8) is 0 Å². The van der Waals surface area contributed by atoms with Gasteiger partial charge in [-0.25, -0.2) is 0 Å². The highest BCUT2D eigenvalue weighted by atomic mass is 32.2. The molecule has 3 heteroatoms. The minimum Gasteiger partial charge on any atom is -0.508 e. The maximum Gasteiger partial charge on any atom is 0.119 e. The Balaban J connectivity index is 2.88. The Labute approximate surface area is 194 Å². The third kappa shape index (κ3) is 5.42. The average molecular weight is 443 g/mol. The van der Waals surface area contributed by atoms with Crippen LogP contribution in [0.3, 0.4) is 0 Å². The van der Waals surface area contributed by atoms with E-state index in [0.717, 1.165) is 20.9 Å². The molecule has 0 aliphatic carbocycles. The molecule has 0 bridgehead atoms. The zero-order valence-electron chi connectivity index (χ0n) is 21.6. The fourth-order valence-electron chi connectivity index (χ4n) is 4.44. The third-order valence-corrected chi connectivity index (χ3v) is 6.63. The zero-order valence-corrected chi connectivity index (χ0v) is 22.4. The van der Waals surface area contributed by atoms with Crippen LogP contribution in [0.1, 0.15) is 105 Å². The first-order valence-corrected chi connectivity index (χ1v) is 12.0. The van der Waals surface area contributed by atoms with Gasteiger partial charge in [-0.3, -0.25) is 0 Å². The van der Waals surface area contributed by atoms with Gasteiger partial charge in [0.25, 0.3) is 0 Å². The highest BCUT2D eigenvalue weighted by molar-refractivity contribution is 7.99. The maximum atomic E-state index is 10.8. The van der Waals surface area contributed by atoms with Gasteiger partial charge in [0.05, 0.1) is 0 Å². The quantitative estimate of drug-likeness (QED) is 0.490. The first kappa shape index (κ1) is 25.6. The normalized spacial score (nSPS) is 13.5. The number of phenolic OH excluding ortho intramolecular Hbond substituents is 2. The molecule has 0 unspecified atom stereocenters. The molecular weight excluding hydrogens is 400 g/mol. The number of hydrogen-bond donors (Lipinski definition) is 2. The Morgan fingerprint density at radius 2 is 0.710 bits per heavy atom. The average Bonchev–Trinajstić information content (AvgIpc) is 2.53. The van der Waals surface area contributed by atoms with Crippen LogP contribution in [0.4, 0.5) is 0 Å². The van der Waals surface area contributed by atoms with Gasteiger partial charge in [-0.1, -0.05) is 94.8 Å². The van der Waals surface area contributed by atoms with Gasteiger partial charge >= 0.3 is 0 Å². The Morgan fingerprint density at radius 3 is 0.935 bits per heavy atom. The first-order chi connectivity index (χ1) is 13.8. The molecule has 0 aliphatic heterocycles. The molecule has 0 spiro atoms. The molecule has 2 aromatic rings. The van der Waals surface area contributed by atoms with Crippen molar-refractivity contribution in [2.75, 3.05) is 0 Å². The molecule has 0 atom stereocenters. The van der Waals surface area contributed by atoms with Crippen LogP contribution >= 0.6 is 11.8 Å². The summed E-state index contributed by atoms with van der Waals surface area (Å²) in [5, 5.41) is 21.6. The highest BCUT2D eigenvalue weighted by Gasteiger charge is 2.34.